The van der Waals surface area contributed by atoms with E-state index in [1.54, 1.807) is 0 Å². The van der Waals surface area contributed by atoms with Gasteiger partial charge < -0.3 is 15.4 Å². The molecule has 0 heterocycles. The van der Waals surface area contributed by atoms with Gasteiger partial charge in [-0.3, -0.25) is 9.59 Å². The molecular formula is C12H22N2O3. The molecule has 1 saturated carbocycles. The van der Waals surface area contributed by atoms with Gasteiger partial charge in [-0.25, -0.2) is 0 Å². The molecule has 5 nitrogen and oxygen atoms in total. The van der Waals surface area contributed by atoms with Gasteiger partial charge in [0.1, 0.15) is 6.54 Å². The maximum Gasteiger partial charge on any atom is 0.325 e. The van der Waals surface area contributed by atoms with Crippen LogP contribution in [0.25, 0.3) is 0 Å². The van der Waals surface area contributed by atoms with Gasteiger partial charge in [-0.05, 0) is 25.2 Å². The molecule has 0 spiro atoms. The SMILES string of the molecule is CCCN(CC(=O)OC)C(=O)CC(N)C1CC1. The predicted octanol–water partition coefficient (Wildman–Crippen LogP) is 0.525. The molecule has 2 N–H and O–H groups in total. The van der Waals surface area contributed by atoms with E-state index in [2.05, 4.69) is 4.74 Å². The molecule has 1 aliphatic rings. The smallest absolute Gasteiger partial charge is 0.325 e. The van der Waals surface area contributed by atoms with Crippen molar-refractivity contribution in [2.75, 3.05) is 20.2 Å². The topological polar surface area (TPSA) is 72.6 Å². The van der Waals surface area contributed by atoms with E-state index in [4.69, 9.17) is 5.73 Å². The molecule has 0 radical (unpaired) electrons. The Morgan fingerprint density at radius 2 is 2.12 bits per heavy atom. The van der Waals surface area contributed by atoms with Gasteiger partial charge in [0.05, 0.1) is 7.11 Å². The van der Waals surface area contributed by atoms with Crippen molar-refractivity contribution in [2.24, 2.45) is 11.7 Å². The fourth-order valence-corrected chi connectivity index (χ4v) is 1.80. The molecule has 1 aliphatic carbocycles. The summed E-state index contributed by atoms with van der Waals surface area (Å²) in [7, 11) is 1.33. The molecule has 17 heavy (non-hydrogen) atoms. The van der Waals surface area contributed by atoms with E-state index in [0.29, 0.717) is 18.9 Å². The number of nitrogens with two attached hydrogens (primary N) is 1. The van der Waals surface area contributed by atoms with Crippen LogP contribution >= 0.6 is 0 Å². The molecule has 0 aromatic carbocycles. The van der Waals surface area contributed by atoms with Crippen LogP contribution in [0.15, 0.2) is 0 Å². The highest BCUT2D eigenvalue weighted by atomic mass is 16.5. The number of carbonyl (C=O) groups is 2. The van der Waals surface area contributed by atoms with E-state index in [0.717, 1.165) is 19.3 Å². The lowest BCUT2D eigenvalue weighted by molar-refractivity contribution is -0.147. The van der Waals surface area contributed by atoms with Crippen molar-refractivity contribution in [1.82, 2.24) is 4.90 Å². The minimum Gasteiger partial charge on any atom is -0.468 e. The molecule has 0 bridgehead atoms. The number of hydrogen-bond acceptors (Lipinski definition) is 4. The van der Waals surface area contributed by atoms with Crippen LogP contribution in [0.2, 0.25) is 0 Å². The van der Waals surface area contributed by atoms with Crippen LogP contribution in [-0.2, 0) is 14.3 Å². The van der Waals surface area contributed by atoms with Crippen molar-refractivity contribution in [1.29, 1.82) is 0 Å². The second kappa shape index (κ2) is 6.59. The van der Waals surface area contributed by atoms with Crippen molar-refractivity contribution in [2.45, 2.75) is 38.6 Å². The van der Waals surface area contributed by atoms with Crippen LogP contribution in [0.4, 0.5) is 0 Å². The number of carbonyl (C=O) groups excluding carboxylic acids is 2. The summed E-state index contributed by atoms with van der Waals surface area (Å²) in [6, 6.07) is -0.0560. The first-order chi connectivity index (χ1) is 8.08. The summed E-state index contributed by atoms with van der Waals surface area (Å²) in [4.78, 5) is 24.7. The molecular weight excluding hydrogens is 220 g/mol. The largest absolute Gasteiger partial charge is 0.468 e. The van der Waals surface area contributed by atoms with Crippen molar-refractivity contribution in [3.05, 3.63) is 0 Å². The average Bonchev–Trinajstić information content (AvgIpc) is 3.11. The zero-order valence-electron chi connectivity index (χ0n) is 10.6. The number of hydrogen-bond donors (Lipinski definition) is 1. The van der Waals surface area contributed by atoms with Crippen LogP contribution in [0.1, 0.15) is 32.6 Å². The Kier molecular flexibility index (Phi) is 5.41. The van der Waals surface area contributed by atoms with E-state index in [1.165, 1.54) is 12.0 Å². The molecule has 0 aliphatic heterocycles. The summed E-state index contributed by atoms with van der Waals surface area (Å²) in [6.45, 7) is 2.57. The van der Waals surface area contributed by atoms with Gasteiger partial charge in [-0.15, -0.1) is 0 Å². The molecule has 98 valence electrons. The van der Waals surface area contributed by atoms with E-state index >= 15 is 0 Å². The number of ether oxygens (including phenoxy) is 1. The summed E-state index contributed by atoms with van der Waals surface area (Å²) < 4.78 is 4.58. The standard InChI is InChI=1S/C12H22N2O3/c1-3-6-14(8-12(16)17-2)11(15)7-10(13)9-4-5-9/h9-10H,3-8,13H2,1-2H3. The van der Waals surface area contributed by atoms with E-state index < -0.39 is 0 Å². The van der Waals surface area contributed by atoms with Crippen molar-refractivity contribution in [3.8, 4) is 0 Å². The number of esters is 1. The molecule has 0 aromatic rings. The van der Waals surface area contributed by atoms with Crippen LogP contribution in [0.3, 0.4) is 0 Å². The monoisotopic (exact) mass is 242 g/mol. The fraction of sp³-hybridized carbons (Fsp3) is 0.833. The predicted molar refractivity (Wildman–Crippen MR) is 64.2 cm³/mol. The molecule has 1 amide bonds. The van der Waals surface area contributed by atoms with E-state index in [1.807, 2.05) is 6.92 Å². The first kappa shape index (κ1) is 14.0. The summed E-state index contributed by atoms with van der Waals surface area (Å²) >= 11 is 0. The van der Waals surface area contributed by atoms with Crippen molar-refractivity contribution >= 4 is 11.9 Å². The third kappa shape index (κ3) is 4.73. The molecule has 1 atom stereocenters. The Morgan fingerprint density at radius 3 is 2.59 bits per heavy atom. The zero-order valence-corrected chi connectivity index (χ0v) is 10.6. The van der Waals surface area contributed by atoms with Crippen LogP contribution < -0.4 is 5.73 Å². The molecule has 1 unspecified atom stereocenters. The Bertz CT molecular complexity index is 277. The van der Waals surface area contributed by atoms with Gasteiger partial charge in [0.25, 0.3) is 0 Å². The Hall–Kier alpha value is -1.10. The van der Waals surface area contributed by atoms with Gasteiger partial charge in [-0.1, -0.05) is 6.92 Å². The van der Waals surface area contributed by atoms with Gasteiger partial charge in [0, 0.05) is 19.0 Å². The average molecular weight is 242 g/mol. The number of rotatable bonds is 7. The molecule has 0 aromatic heterocycles. The Labute approximate surface area is 102 Å². The third-order valence-electron chi connectivity index (χ3n) is 3.03. The summed E-state index contributed by atoms with van der Waals surface area (Å²) in [6.07, 6.45) is 3.40. The van der Waals surface area contributed by atoms with Crippen LogP contribution in [-0.4, -0.2) is 43.0 Å². The Balaban J connectivity index is 2.43. The normalized spacial score (nSPS) is 16.4. The Morgan fingerprint density at radius 1 is 1.47 bits per heavy atom. The minimum atomic E-state index is -0.383. The number of amides is 1. The maximum absolute atomic E-state index is 12.0. The highest BCUT2D eigenvalue weighted by Gasteiger charge is 2.31. The summed E-state index contributed by atoms with van der Waals surface area (Å²) in [5.74, 6) is 0.0731. The molecule has 5 heteroatoms. The van der Waals surface area contributed by atoms with Crippen LogP contribution in [0, 0.1) is 5.92 Å². The maximum atomic E-state index is 12.0. The second-order valence-corrected chi connectivity index (χ2v) is 4.60. The van der Waals surface area contributed by atoms with Crippen LogP contribution in [0.5, 0.6) is 0 Å². The number of nitrogens with zero attached hydrogens (tertiary/aromatic N) is 1. The lowest BCUT2D eigenvalue weighted by Gasteiger charge is -2.22. The van der Waals surface area contributed by atoms with E-state index in [-0.39, 0.29) is 24.5 Å². The summed E-state index contributed by atoms with van der Waals surface area (Å²) in [5.41, 5.74) is 5.91. The van der Waals surface area contributed by atoms with Gasteiger partial charge in [-0.2, -0.15) is 0 Å². The van der Waals surface area contributed by atoms with Gasteiger partial charge in [0.15, 0.2) is 0 Å². The minimum absolute atomic E-state index is 0.0283. The van der Waals surface area contributed by atoms with E-state index in [9.17, 15) is 9.59 Å². The van der Waals surface area contributed by atoms with Crippen molar-refractivity contribution in [3.63, 3.8) is 0 Å². The first-order valence-corrected chi connectivity index (χ1v) is 6.18. The number of methoxy groups -OCH3 is 1. The quantitative estimate of drug-likeness (QED) is 0.661. The van der Waals surface area contributed by atoms with Crippen molar-refractivity contribution < 1.29 is 14.3 Å². The highest BCUT2D eigenvalue weighted by molar-refractivity contribution is 5.82. The first-order valence-electron chi connectivity index (χ1n) is 6.18. The summed E-state index contributed by atoms with van der Waals surface area (Å²) in [5, 5.41) is 0. The lowest BCUT2D eigenvalue weighted by Crippen LogP contribution is -2.40. The van der Waals surface area contributed by atoms with Gasteiger partial charge in [0.2, 0.25) is 5.91 Å². The fourth-order valence-electron chi connectivity index (χ4n) is 1.80. The molecule has 1 fully saturated rings. The van der Waals surface area contributed by atoms with Gasteiger partial charge >= 0.3 is 5.97 Å². The third-order valence-corrected chi connectivity index (χ3v) is 3.03. The highest BCUT2D eigenvalue weighted by Crippen LogP contribution is 2.32. The molecule has 0 saturated heterocycles. The molecule has 1 rings (SSSR count). The second-order valence-electron chi connectivity index (χ2n) is 4.60. The zero-order chi connectivity index (χ0) is 12.8. The lowest BCUT2D eigenvalue weighted by atomic mass is 10.1.